The molecule has 0 aromatic heterocycles. The first-order chi connectivity index (χ1) is 10.0. The lowest BCUT2D eigenvalue weighted by molar-refractivity contribution is 0.555. The molecule has 4 nitrogen and oxygen atoms in total. The molecule has 0 radical (unpaired) electrons. The van der Waals surface area contributed by atoms with Crippen LogP contribution in [0.4, 0.5) is 0 Å². The third-order valence-electron chi connectivity index (χ3n) is 3.65. The Morgan fingerprint density at radius 1 is 0.857 bits per heavy atom. The second kappa shape index (κ2) is 13.1. The van der Waals surface area contributed by atoms with Crippen LogP contribution >= 0.6 is 0 Å². The molecule has 5 heteroatoms. The topological polar surface area (TPSA) is 58.5 Å². The van der Waals surface area contributed by atoms with Crippen molar-refractivity contribution in [2.45, 2.75) is 91.4 Å². The van der Waals surface area contributed by atoms with Crippen molar-refractivity contribution in [3.63, 3.8) is 0 Å². The maximum Gasteiger partial charge on any atom is 0.247 e. The maximum absolute atomic E-state index is 11.7. The monoisotopic (exact) mass is 318 g/mol. The van der Waals surface area contributed by atoms with Gasteiger partial charge in [0.25, 0.3) is 0 Å². The summed E-state index contributed by atoms with van der Waals surface area (Å²) in [6, 6.07) is 0. The molecule has 21 heavy (non-hydrogen) atoms. The van der Waals surface area contributed by atoms with Gasteiger partial charge in [-0.05, 0) is 19.8 Å². The Bertz CT molecular complexity index is 364. The number of nitrogens with one attached hydrogen (secondary N) is 1. The highest BCUT2D eigenvalue weighted by Crippen LogP contribution is 2.10. The Morgan fingerprint density at radius 2 is 1.33 bits per heavy atom. The summed E-state index contributed by atoms with van der Waals surface area (Å²) in [5.41, 5.74) is 0.807. The van der Waals surface area contributed by atoms with Crippen molar-refractivity contribution in [3.8, 4) is 0 Å². The molecule has 0 spiro atoms. The summed E-state index contributed by atoms with van der Waals surface area (Å²) in [7, 11) is -3.23. The Labute approximate surface area is 131 Å². The molecule has 0 fully saturated rings. The quantitative estimate of drug-likeness (QED) is 0.289. The van der Waals surface area contributed by atoms with E-state index in [1.807, 2.05) is 13.8 Å². The number of hydrogen-bond donors (Lipinski definition) is 1. The van der Waals surface area contributed by atoms with E-state index in [0.717, 1.165) is 31.4 Å². The highest BCUT2D eigenvalue weighted by molar-refractivity contribution is 7.89. The van der Waals surface area contributed by atoms with Crippen LogP contribution in [0.5, 0.6) is 0 Å². The Morgan fingerprint density at radius 3 is 1.81 bits per heavy atom. The number of hydrogen-bond acceptors (Lipinski definition) is 3. The fourth-order valence-corrected chi connectivity index (χ4v) is 3.02. The molecule has 0 aromatic rings. The van der Waals surface area contributed by atoms with Crippen LogP contribution in [0.3, 0.4) is 0 Å². The fourth-order valence-electron chi connectivity index (χ4n) is 2.05. The van der Waals surface area contributed by atoms with Gasteiger partial charge in [0.2, 0.25) is 10.0 Å². The number of unbranched alkanes of at least 4 members (excludes halogenated alkanes) is 9. The van der Waals surface area contributed by atoms with Gasteiger partial charge in [-0.25, -0.2) is 13.2 Å². The zero-order valence-electron chi connectivity index (χ0n) is 14.2. The van der Waals surface area contributed by atoms with Crippen LogP contribution in [0.2, 0.25) is 0 Å². The predicted octanol–water partition coefficient (Wildman–Crippen LogP) is 4.61. The second-order valence-corrected chi connectivity index (χ2v) is 7.61. The van der Waals surface area contributed by atoms with Crippen LogP contribution in [0.15, 0.2) is 5.10 Å². The lowest BCUT2D eigenvalue weighted by atomic mass is 10.1. The first-order valence-electron chi connectivity index (χ1n) is 8.54. The van der Waals surface area contributed by atoms with Crippen LogP contribution in [-0.4, -0.2) is 19.9 Å². The van der Waals surface area contributed by atoms with E-state index in [-0.39, 0.29) is 5.75 Å². The van der Waals surface area contributed by atoms with Crippen molar-refractivity contribution in [3.05, 3.63) is 0 Å². The molecule has 1 N–H and O–H groups in total. The summed E-state index contributed by atoms with van der Waals surface area (Å²) >= 11 is 0. The first-order valence-corrected chi connectivity index (χ1v) is 10.2. The number of hydrazone groups is 1. The Hall–Kier alpha value is -0.580. The summed E-state index contributed by atoms with van der Waals surface area (Å²) in [6.07, 6.45) is 12.8. The summed E-state index contributed by atoms with van der Waals surface area (Å²) in [5.74, 6) is 0.185. The van der Waals surface area contributed by atoms with Gasteiger partial charge in [-0.15, -0.1) is 0 Å². The van der Waals surface area contributed by atoms with E-state index in [9.17, 15) is 8.42 Å². The smallest absolute Gasteiger partial charge is 0.205 e. The molecule has 0 aliphatic rings. The van der Waals surface area contributed by atoms with Gasteiger partial charge in [-0.1, -0.05) is 71.6 Å². The molecule has 0 saturated carbocycles. The normalized spacial score (nSPS) is 12.6. The van der Waals surface area contributed by atoms with E-state index >= 15 is 0 Å². The molecule has 0 aromatic carbocycles. The average Bonchev–Trinajstić information content (AvgIpc) is 2.46. The largest absolute Gasteiger partial charge is 0.247 e. The third kappa shape index (κ3) is 14.1. The summed E-state index contributed by atoms with van der Waals surface area (Å²) in [4.78, 5) is 2.30. The minimum atomic E-state index is -3.23. The highest BCUT2D eigenvalue weighted by atomic mass is 32.2. The molecule has 0 heterocycles. The molecular weight excluding hydrogens is 284 g/mol. The van der Waals surface area contributed by atoms with Gasteiger partial charge in [-0.2, -0.15) is 5.10 Å². The van der Waals surface area contributed by atoms with Gasteiger partial charge >= 0.3 is 0 Å². The van der Waals surface area contributed by atoms with Crippen molar-refractivity contribution in [2.24, 2.45) is 5.10 Å². The zero-order chi connectivity index (χ0) is 16.0. The standard InChI is InChI=1S/C16H34N2O2S/c1-4-6-7-8-9-10-11-12-13-14-15-21(19,20)18-17-16(3)5-2/h18H,4-15H2,1-3H3/b17-16-. The zero-order valence-corrected chi connectivity index (χ0v) is 15.0. The van der Waals surface area contributed by atoms with E-state index in [2.05, 4.69) is 16.9 Å². The lowest BCUT2D eigenvalue weighted by Gasteiger charge is -2.05. The van der Waals surface area contributed by atoms with Crippen molar-refractivity contribution in [2.75, 3.05) is 5.75 Å². The van der Waals surface area contributed by atoms with Gasteiger partial charge in [0, 0.05) is 5.71 Å². The molecule has 0 saturated heterocycles. The Balaban J connectivity index is 3.49. The number of rotatable bonds is 14. The van der Waals surface area contributed by atoms with Crippen LogP contribution in [0, 0.1) is 0 Å². The van der Waals surface area contributed by atoms with Gasteiger partial charge in [0.15, 0.2) is 0 Å². The van der Waals surface area contributed by atoms with Gasteiger partial charge < -0.3 is 0 Å². The van der Waals surface area contributed by atoms with Crippen molar-refractivity contribution >= 4 is 15.7 Å². The minimum Gasteiger partial charge on any atom is -0.205 e. The molecule has 0 amide bonds. The van der Waals surface area contributed by atoms with E-state index in [0.29, 0.717) is 0 Å². The predicted molar refractivity (Wildman–Crippen MR) is 92.2 cm³/mol. The van der Waals surface area contributed by atoms with Gasteiger partial charge in [0.1, 0.15) is 0 Å². The average molecular weight is 319 g/mol. The molecule has 0 unspecified atom stereocenters. The highest BCUT2D eigenvalue weighted by Gasteiger charge is 2.07. The second-order valence-electron chi connectivity index (χ2n) is 5.79. The van der Waals surface area contributed by atoms with Crippen molar-refractivity contribution in [1.82, 2.24) is 4.83 Å². The SMILES string of the molecule is CCCCCCCCCCCCS(=O)(=O)N/N=C(/C)CC. The fraction of sp³-hybridized carbons (Fsp3) is 0.938. The minimum absolute atomic E-state index is 0.185. The number of sulfonamides is 1. The van der Waals surface area contributed by atoms with Crippen LogP contribution < -0.4 is 4.83 Å². The molecule has 0 aliphatic carbocycles. The van der Waals surface area contributed by atoms with Crippen LogP contribution in [0.1, 0.15) is 91.4 Å². The molecule has 0 bridgehead atoms. The van der Waals surface area contributed by atoms with E-state index in [1.165, 1.54) is 44.9 Å². The summed E-state index contributed by atoms with van der Waals surface area (Å²) < 4.78 is 23.3. The number of nitrogens with zero attached hydrogens (tertiary/aromatic N) is 1. The molecule has 0 aliphatic heterocycles. The van der Waals surface area contributed by atoms with E-state index in [4.69, 9.17) is 0 Å². The van der Waals surface area contributed by atoms with Crippen molar-refractivity contribution < 1.29 is 8.42 Å². The summed E-state index contributed by atoms with van der Waals surface area (Å²) in [5, 5.41) is 3.86. The molecule has 126 valence electrons. The van der Waals surface area contributed by atoms with Crippen LogP contribution in [0.25, 0.3) is 0 Å². The van der Waals surface area contributed by atoms with Crippen LogP contribution in [-0.2, 0) is 10.0 Å². The Kier molecular flexibility index (Phi) is 12.7. The lowest BCUT2D eigenvalue weighted by Crippen LogP contribution is -2.22. The summed E-state index contributed by atoms with van der Waals surface area (Å²) in [6.45, 7) is 6.01. The van der Waals surface area contributed by atoms with Gasteiger partial charge in [-0.3, -0.25) is 0 Å². The first kappa shape index (κ1) is 20.4. The molecule has 0 atom stereocenters. The van der Waals surface area contributed by atoms with E-state index < -0.39 is 10.0 Å². The molecule has 0 rings (SSSR count). The third-order valence-corrected chi connectivity index (χ3v) is 4.85. The van der Waals surface area contributed by atoms with Crippen molar-refractivity contribution in [1.29, 1.82) is 0 Å². The molecular formula is C16H34N2O2S. The maximum atomic E-state index is 11.7. The van der Waals surface area contributed by atoms with Gasteiger partial charge in [0.05, 0.1) is 5.75 Å². The van der Waals surface area contributed by atoms with E-state index in [1.54, 1.807) is 0 Å².